The van der Waals surface area contributed by atoms with E-state index in [4.69, 9.17) is 0 Å². The van der Waals surface area contributed by atoms with E-state index in [0.29, 0.717) is 17.8 Å². The molecule has 1 aromatic carbocycles. The fourth-order valence-electron chi connectivity index (χ4n) is 1.95. The predicted octanol–water partition coefficient (Wildman–Crippen LogP) is 1.80. The average molecular weight is 333 g/mol. The lowest BCUT2D eigenvalue weighted by Gasteiger charge is -2.18. The molecule has 122 valence electrons. The van der Waals surface area contributed by atoms with Gasteiger partial charge >= 0.3 is 0 Å². The van der Waals surface area contributed by atoms with Crippen molar-refractivity contribution in [1.82, 2.24) is 10.3 Å². The number of pyridine rings is 1. The summed E-state index contributed by atoms with van der Waals surface area (Å²) < 4.78 is 24.8. The van der Waals surface area contributed by atoms with Gasteiger partial charge < -0.3 is 5.32 Å². The van der Waals surface area contributed by atoms with Gasteiger partial charge in [-0.05, 0) is 43.3 Å². The van der Waals surface area contributed by atoms with Gasteiger partial charge in [0.25, 0.3) is 5.91 Å². The first kappa shape index (κ1) is 17.0. The first-order valence-electron chi connectivity index (χ1n) is 7.19. The summed E-state index contributed by atoms with van der Waals surface area (Å²) in [4.78, 5) is 16.2. The van der Waals surface area contributed by atoms with Crippen LogP contribution in [0.5, 0.6) is 0 Å². The van der Waals surface area contributed by atoms with Gasteiger partial charge in [-0.1, -0.05) is 6.07 Å². The number of nitrogens with zero attached hydrogens (tertiary/aromatic N) is 2. The van der Waals surface area contributed by atoms with E-state index in [1.807, 2.05) is 18.2 Å². The number of nitrogens with one attached hydrogen (secondary N) is 1. The molecule has 0 bridgehead atoms. The van der Waals surface area contributed by atoms with E-state index in [1.54, 1.807) is 37.4 Å². The first-order valence-corrected chi connectivity index (χ1v) is 8.79. The molecular formula is C16H19N3O3S. The van der Waals surface area contributed by atoms with Gasteiger partial charge in [0, 0.05) is 18.8 Å². The lowest BCUT2D eigenvalue weighted by Crippen LogP contribution is -2.28. The number of hydrogen-bond acceptors (Lipinski definition) is 4. The van der Waals surface area contributed by atoms with Gasteiger partial charge in [-0.25, -0.2) is 8.42 Å². The molecule has 2 rings (SSSR count). The minimum atomic E-state index is -3.31. The third-order valence-electron chi connectivity index (χ3n) is 3.43. The Morgan fingerprint density at radius 2 is 1.87 bits per heavy atom. The Kier molecular flexibility index (Phi) is 5.33. The highest BCUT2D eigenvalue weighted by Crippen LogP contribution is 2.17. The van der Waals surface area contributed by atoms with Gasteiger partial charge in [0.05, 0.1) is 23.7 Å². The number of carbonyl (C=O) groups excluding carboxylic acids is 1. The molecular weight excluding hydrogens is 314 g/mol. The van der Waals surface area contributed by atoms with Crippen LogP contribution in [0.3, 0.4) is 0 Å². The van der Waals surface area contributed by atoms with Gasteiger partial charge in [-0.15, -0.1) is 0 Å². The zero-order valence-electron chi connectivity index (χ0n) is 13.1. The molecule has 0 aliphatic rings. The quantitative estimate of drug-likeness (QED) is 0.874. The second-order valence-corrected chi connectivity index (χ2v) is 7.21. The number of aromatic nitrogens is 1. The molecule has 7 heteroatoms. The number of amides is 1. The monoisotopic (exact) mass is 333 g/mol. The number of anilines is 1. The number of sulfonamides is 1. The van der Waals surface area contributed by atoms with E-state index in [-0.39, 0.29) is 11.7 Å². The van der Waals surface area contributed by atoms with Crippen LogP contribution >= 0.6 is 0 Å². The molecule has 1 N–H and O–H groups in total. The van der Waals surface area contributed by atoms with Gasteiger partial charge in [0.15, 0.2) is 0 Å². The van der Waals surface area contributed by atoms with Crippen molar-refractivity contribution in [2.75, 3.05) is 17.1 Å². The predicted molar refractivity (Wildman–Crippen MR) is 89.7 cm³/mol. The second-order valence-electron chi connectivity index (χ2n) is 4.92. The van der Waals surface area contributed by atoms with Crippen LogP contribution in [-0.2, 0) is 16.6 Å². The van der Waals surface area contributed by atoms with Crippen molar-refractivity contribution in [3.05, 3.63) is 59.9 Å². The number of hydrogen-bond donors (Lipinski definition) is 1. The van der Waals surface area contributed by atoms with E-state index >= 15 is 0 Å². The minimum absolute atomic E-state index is 0.0236. The largest absolute Gasteiger partial charge is 0.346 e. The summed E-state index contributed by atoms with van der Waals surface area (Å²) in [6, 6.07) is 11.9. The molecule has 1 heterocycles. The van der Waals surface area contributed by atoms with Crippen LogP contribution in [0, 0.1) is 0 Å². The Bertz CT molecular complexity index is 759. The average Bonchev–Trinajstić information content (AvgIpc) is 2.60. The van der Waals surface area contributed by atoms with Gasteiger partial charge in [0.1, 0.15) is 0 Å². The van der Waals surface area contributed by atoms with Crippen molar-refractivity contribution in [1.29, 1.82) is 0 Å². The maximum Gasteiger partial charge on any atom is 0.251 e. The van der Waals surface area contributed by atoms with E-state index in [9.17, 15) is 13.2 Å². The molecule has 0 fully saturated rings. The maximum absolute atomic E-state index is 12.1. The molecule has 0 unspecified atom stereocenters. The van der Waals surface area contributed by atoms with Crippen LogP contribution in [0.4, 0.5) is 5.69 Å². The molecule has 0 spiro atoms. The molecule has 0 aliphatic carbocycles. The number of benzene rings is 1. The van der Waals surface area contributed by atoms with Crippen molar-refractivity contribution in [2.24, 2.45) is 0 Å². The summed E-state index contributed by atoms with van der Waals surface area (Å²) in [6.45, 7) is 1.93. The standard InChI is InChI=1S/C16H19N3O3S/c1-3-23(21,22)19(2)15-9-7-13(8-10-15)16(20)18-12-14-6-4-5-11-17-14/h4-11H,3,12H2,1-2H3,(H,18,20). The third kappa shape index (κ3) is 4.29. The molecule has 0 atom stereocenters. The Labute approximate surface area is 136 Å². The van der Waals surface area contributed by atoms with Crippen LogP contribution < -0.4 is 9.62 Å². The Morgan fingerprint density at radius 3 is 2.43 bits per heavy atom. The number of carbonyl (C=O) groups is 1. The molecule has 0 saturated carbocycles. The Hall–Kier alpha value is -2.41. The lowest BCUT2D eigenvalue weighted by atomic mass is 10.2. The van der Waals surface area contributed by atoms with E-state index < -0.39 is 10.0 Å². The fraction of sp³-hybridized carbons (Fsp3) is 0.250. The van der Waals surface area contributed by atoms with Crippen LogP contribution in [0.2, 0.25) is 0 Å². The highest BCUT2D eigenvalue weighted by atomic mass is 32.2. The van der Waals surface area contributed by atoms with Crippen molar-refractivity contribution in [3.63, 3.8) is 0 Å². The SMILES string of the molecule is CCS(=O)(=O)N(C)c1ccc(C(=O)NCc2ccccn2)cc1. The highest BCUT2D eigenvalue weighted by molar-refractivity contribution is 7.92. The summed E-state index contributed by atoms with van der Waals surface area (Å²) in [7, 11) is -1.81. The normalized spacial score (nSPS) is 11.0. The molecule has 1 amide bonds. The number of rotatable bonds is 6. The second kappa shape index (κ2) is 7.23. The first-order chi connectivity index (χ1) is 10.9. The Morgan fingerprint density at radius 1 is 1.17 bits per heavy atom. The fourth-order valence-corrected chi connectivity index (χ4v) is 2.78. The summed E-state index contributed by atoms with van der Waals surface area (Å²) in [6.07, 6.45) is 1.67. The van der Waals surface area contributed by atoms with E-state index in [0.717, 1.165) is 5.69 Å². The zero-order valence-corrected chi connectivity index (χ0v) is 13.9. The van der Waals surface area contributed by atoms with Crippen molar-refractivity contribution < 1.29 is 13.2 Å². The summed E-state index contributed by atoms with van der Waals surface area (Å²) >= 11 is 0. The topological polar surface area (TPSA) is 79.4 Å². The van der Waals surface area contributed by atoms with Gasteiger partial charge in [-0.2, -0.15) is 0 Å². The summed E-state index contributed by atoms with van der Waals surface area (Å²) in [5.74, 6) is -0.210. The molecule has 6 nitrogen and oxygen atoms in total. The van der Waals surface area contributed by atoms with Crippen molar-refractivity contribution in [3.8, 4) is 0 Å². The van der Waals surface area contributed by atoms with Crippen LogP contribution in [0.1, 0.15) is 23.0 Å². The van der Waals surface area contributed by atoms with Gasteiger partial charge in [0.2, 0.25) is 10.0 Å². The van der Waals surface area contributed by atoms with Crippen molar-refractivity contribution in [2.45, 2.75) is 13.5 Å². The summed E-state index contributed by atoms with van der Waals surface area (Å²) in [5.41, 5.74) is 1.76. The van der Waals surface area contributed by atoms with E-state index in [2.05, 4.69) is 10.3 Å². The highest BCUT2D eigenvalue weighted by Gasteiger charge is 2.16. The van der Waals surface area contributed by atoms with Gasteiger partial charge in [-0.3, -0.25) is 14.1 Å². The molecule has 2 aromatic rings. The third-order valence-corrected chi connectivity index (χ3v) is 5.21. The summed E-state index contributed by atoms with van der Waals surface area (Å²) in [5, 5.41) is 2.77. The van der Waals surface area contributed by atoms with Crippen LogP contribution in [0.15, 0.2) is 48.7 Å². The molecule has 0 saturated heterocycles. The molecule has 0 aliphatic heterocycles. The van der Waals surface area contributed by atoms with E-state index in [1.165, 1.54) is 11.4 Å². The van der Waals surface area contributed by atoms with Crippen LogP contribution in [0.25, 0.3) is 0 Å². The Balaban J connectivity index is 2.03. The molecule has 1 aromatic heterocycles. The molecule has 0 radical (unpaired) electrons. The lowest BCUT2D eigenvalue weighted by molar-refractivity contribution is 0.0950. The molecule has 23 heavy (non-hydrogen) atoms. The zero-order chi connectivity index (χ0) is 16.9. The van der Waals surface area contributed by atoms with Crippen LogP contribution in [-0.4, -0.2) is 32.1 Å². The van der Waals surface area contributed by atoms with Crippen molar-refractivity contribution >= 4 is 21.6 Å². The smallest absolute Gasteiger partial charge is 0.251 e. The minimum Gasteiger partial charge on any atom is -0.346 e. The maximum atomic E-state index is 12.1.